The van der Waals surface area contributed by atoms with Crippen LogP contribution in [0.4, 0.5) is 0 Å². The van der Waals surface area contributed by atoms with Crippen molar-refractivity contribution in [2.45, 2.75) is 64.9 Å². The maximum Gasteiger partial charge on any atom is 0.156 e. The SMILES string of the molecule is CC12CCC(=O)C=C1C=CC1CC2=CCC2(C)C(O)CCCC12. The Bertz CT molecular complexity index is 626. The zero-order valence-corrected chi connectivity index (χ0v) is 14.3. The van der Waals surface area contributed by atoms with Crippen molar-refractivity contribution in [3.8, 4) is 0 Å². The van der Waals surface area contributed by atoms with Gasteiger partial charge in [-0.15, -0.1) is 0 Å². The van der Waals surface area contributed by atoms with E-state index < -0.39 is 0 Å². The van der Waals surface area contributed by atoms with Crippen molar-refractivity contribution in [2.24, 2.45) is 22.7 Å². The Labute approximate surface area is 139 Å². The fourth-order valence-electron chi connectivity index (χ4n) is 5.63. The summed E-state index contributed by atoms with van der Waals surface area (Å²) in [6.45, 7) is 4.62. The van der Waals surface area contributed by atoms with Gasteiger partial charge in [-0.3, -0.25) is 4.79 Å². The number of hydrogen-bond acceptors (Lipinski definition) is 2. The fraction of sp³-hybridized carbons (Fsp3) is 0.667. The van der Waals surface area contributed by atoms with Gasteiger partial charge in [0.25, 0.3) is 0 Å². The fourth-order valence-corrected chi connectivity index (χ4v) is 5.63. The molecule has 0 amide bonds. The highest BCUT2D eigenvalue weighted by Gasteiger charge is 2.49. The van der Waals surface area contributed by atoms with E-state index in [1.54, 1.807) is 0 Å². The van der Waals surface area contributed by atoms with E-state index in [0.717, 1.165) is 32.1 Å². The largest absolute Gasteiger partial charge is 0.393 e. The van der Waals surface area contributed by atoms with Crippen LogP contribution in [0, 0.1) is 22.7 Å². The molecule has 2 nitrogen and oxygen atoms in total. The molecule has 0 aromatic rings. The Morgan fingerprint density at radius 3 is 2.91 bits per heavy atom. The van der Waals surface area contributed by atoms with Crippen LogP contribution in [0.5, 0.6) is 0 Å². The summed E-state index contributed by atoms with van der Waals surface area (Å²) in [5.41, 5.74) is 2.75. The number of aliphatic hydroxyl groups is 1. The summed E-state index contributed by atoms with van der Waals surface area (Å²) in [4.78, 5) is 11.9. The lowest BCUT2D eigenvalue weighted by Gasteiger charge is -2.46. The zero-order chi connectivity index (χ0) is 16.2. The average molecular weight is 312 g/mol. The van der Waals surface area contributed by atoms with E-state index in [0.29, 0.717) is 18.3 Å². The first kappa shape index (κ1) is 15.4. The number of ketones is 1. The van der Waals surface area contributed by atoms with Gasteiger partial charge in [0.2, 0.25) is 0 Å². The Morgan fingerprint density at radius 2 is 2.09 bits per heavy atom. The van der Waals surface area contributed by atoms with Crippen LogP contribution in [0.15, 0.2) is 35.5 Å². The second-order valence-electron chi connectivity index (χ2n) is 8.62. The third kappa shape index (κ3) is 2.21. The summed E-state index contributed by atoms with van der Waals surface area (Å²) < 4.78 is 0. The van der Waals surface area contributed by atoms with Gasteiger partial charge in [0.05, 0.1) is 6.10 Å². The third-order valence-corrected chi connectivity index (χ3v) is 7.42. The molecule has 1 N–H and O–H groups in total. The van der Waals surface area contributed by atoms with Crippen LogP contribution < -0.4 is 0 Å². The summed E-state index contributed by atoms with van der Waals surface area (Å²) in [6.07, 6.45) is 15.7. The molecule has 2 bridgehead atoms. The molecule has 0 aromatic heterocycles. The Balaban J connectivity index is 1.81. The van der Waals surface area contributed by atoms with Gasteiger partial charge in [-0.25, -0.2) is 0 Å². The standard InChI is InChI=1S/C21H28O2/c1-20-11-9-17(22)13-15(20)7-6-14-12-16(20)8-10-21(2)18(14)4-3-5-19(21)23/h6-8,13-14,18-19,23H,3-5,9-12H2,1-2H3. The first-order valence-electron chi connectivity index (χ1n) is 9.24. The van der Waals surface area contributed by atoms with Gasteiger partial charge in [-0.05, 0) is 55.6 Å². The topological polar surface area (TPSA) is 37.3 Å². The predicted octanol–water partition coefficient (Wildman–Crippen LogP) is 4.36. The highest BCUT2D eigenvalue weighted by molar-refractivity contribution is 5.92. The van der Waals surface area contributed by atoms with Gasteiger partial charge >= 0.3 is 0 Å². The van der Waals surface area contributed by atoms with Gasteiger partial charge in [0, 0.05) is 17.3 Å². The van der Waals surface area contributed by atoms with E-state index in [2.05, 4.69) is 32.1 Å². The van der Waals surface area contributed by atoms with Crippen molar-refractivity contribution >= 4 is 5.78 Å². The number of fused-ring (bicyclic) bond motifs is 6. The number of carbonyl (C=O) groups is 1. The molecule has 5 atom stereocenters. The second kappa shape index (κ2) is 5.17. The molecular weight excluding hydrogens is 284 g/mol. The Morgan fingerprint density at radius 1 is 1.26 bits per heavy atom. The van der Waals surface area contributed by atoms with E-state index in [9.17, 15) is 9.90 Å². The predicted molar refractivity (Wildman–Crippen MR) is 91.8 cm³/mol. The molecule has 0 aromatic carbocycles. The number of hydrogen-bond donors (Lipinski definition) is 1. The maximum absolute atomic E-state index is 11.9. The smallest absolute Gasteiger partial charge is 0.156 e. The molecule has 4 rings (SSSR count). The lowest BCUT2D eigenvalue weighted by atomic mass is 9.60. The molecular formula is C21H28O2. The van der Waals surface area contributed by atoms with Crippen LogP contribution in [0.2, 0.25) is 0 Å². The van der Waals surface area contributed by atoms with E-state index in [1.807, 2.05) is 6.08 Å². The molecule has 5 unspecified atom stereocenters. The lowest BCUT2D eigenvalue weighted by molar-refractivity contribution is -0.115. The van der Waals surface area contributed by atoms with Crippen molar-refractivity contribution in [2.75, 3.05) is 0 Å². The first-order chi connectivity index (χ1) is 10.9. The van der Waals surface area contributed by atoms with Gasteiger partial charge in [-0.1, -0.05) is 44.1 Å². The maximum atomic E-state index is 11.9. The zero-order valence-electron chi connectivity index (χ0n) is 14.3. The number of aliphatic hydroxyl groups excluding tert-OH is 1. The van der Waals surface area contributed by atoms with Crippen LogP contribution in [-0.4, -0.2) is 17.0 Å². The van der Waals surface area contributed by atoms with Crippen molar-refractivity contribution < 1.29 is 9.90 Å². The normalized spacial score (nSPS) is 46.0. The molecule has 0 heterocycles. The van der Waals surface area contributed by atoms with Crippen molar-refractivity contribution in [3.63, 3.8) is 0 Å². The lowest BCUT2D eigenvalue weighted by Crippen LogP contribution is -2.44. The summed E-state index contributed by atoms with van der Waals surface area (Å²) in [5, 5.41) is 10.7. The Hall–Kier alpha value is -1.15. The number of allylic oxidation sites excluding steroid dienone is 6. The molecule has 0 radical (unpaired) electrons. The average Bonchev–Trinajstić information content (AvgIpc) is 2.76. The minimum Gasteiger partial charge on any atom is -0.393 e. The molecule has 2 heteroatoms. The molecule has 0 saturated heterocycles. The molecule has 1 saturated carbocycles. The minimum absolute atomic E-state index is 0.0110. The van der Waals surface area contributed by atoms with Crippen LogP contribution >= 0.6 is 0 Å². The van der Waals surface area contributed by atoms with Gasteiger partial charge in [0.15, 0.2) is 5.78 Å². The van der Waals surface area contributed by atoms with Crippen molar-refractivity contribution in [3.05, 3.63) is 35.5 Å². The van der Waals surface area contributed by atoms with E-state index >= 15 is 0 Å². The minimum atomic E-state index is -0.178. The van der Waals surface area contributed by atoms with Gasteiger partial charge in [0.1, 0.15) is 0 Å². The van der Waals surface area contributed by atoms with Crippen LogP contribution in [0.3, 0.4) is 0 Å². The summed E-state index contributed by atoms with van der Waals surface area (Å²) in [5.74, 6) is 1.33. The highest BCUT2D eigenvalue weighted by Crippen LogP contribution is 2.56. The molecule has 0 aliphatic heterocycles. The quantitative estimate of drug-likeness (QED) is 0.675. The summed E-state index contributed by atoms with van der Waals surface area (Å²) >= 11 is 0. The van der Waals surface area contributed by atoms with Crippen LogP contribution in [0.1, 0.15) is 58.8 Å². The van der Waals surface area contributed by atoms with Gasteiger partial charge < -0.3 is 5.11 Å². The summed E-state index contributed by atoms with van der Waals surface area (Å²) in [6, 6.07) is 0. The first-order valence-corrected chi connectivity index (χ1v) is 9.24. The third-order valence-electron chi connectivity index (χ3n) is 7.42. The van der Waals surface area contributed by atoms with Crippen molar-refractivity contribution in [1.82, 2.24) is 0 Å². The van der Waals surface area contributed by atoms with E-state index in [1.165, 1.54) is 17.6 Å². The van der Waals surface area contributed by atoms with Crippen LogP contribution in [-0.2, 0) is 4.79 Å². The monoisotopic (exact) mass is 312 g/mol. The van der Waals surface area contributed by atoms with Crippen LogP contribution in [0.25, 0.3) is 0 Å². The number of carbonyl (C=O) groups excluding carboxylic acids is 1. The summed E-state index contributed by atoms with van der Waals surface area (Å²) in [7, 11) is 0. The molecule has 23 heavy (non-hydrogen) atoms. The molecule has 0 spiro atoms. The van der Waals surface area contributed by atoms with Gasteiger partial charge in [-0.2, -0.15) is 0 Å². The van der Waals surface area contributed by atoms with E-state index in [4.69, 9.17) is 0 Å². The molecule has 124 valence electrons. The highest BCUT2D eigenvalue weighted by atomic mass is 16.3. The Kier molecular flexibility index (Phi) is 3.46. The molecule has 4 aliphatic carbocycles. The number of rotatable bonds is 0. The van der Waals surface area contributed by atoms with Crippen molar-refractivity contribution in [1.29, 1.82) is 0 Å². The second-order valence-corrected chi connectivity index (χ2v) is 8.62. The molecule has 4 aliphatic rings. The molecule has 1 fully saturated rings. The van der Waals surface area contributed by atoms with E-state index in [-0.39, 0.29) is 22.7 Å².